The first-order valence-corrected chi connectivity index (χ1v) is 7.24. The normalized spacial score (nSPS) is 29.8. The van der Waals surface area contributed by atoms with Gasteiger partial charge in [-0.2, -0.15) is 0 Å². The largest absolute Gasteiger partial charge is 0.544 e. The molecule has 5 atom stereocenters. The van der Waals surface area contributed by atoms with Gasteiger partial charge < -0.3 is 40.0 Å². The smallest absolute Gasteiger partial charge is 0.230 e. The van der Waals surface area contributed by atoms with Crippen molar-refractivity contribution < 1.29 is 39.5 Å². The molecule has 4 N–H and O–H groups in total. The van der Waals surface area contributed by atoms with Crippen molar-refractivity contribution in [1.29, 1.82) is 0 Å². The number of carbonyl (C=O) groups is 2. The van der Waals surface area contributed by atoms with E-state index in [9.17, 15) is 24.9 Å². The molecule has 1 aliphatic rings. The minimum atomic E-state index is -2.24. The topological polar surface area (TPSA) is 148 Å². The third-order valence-electron chi connectivity index (χ3n) is 3.28. The zero-order chi connectivity index (χ0) is 17.6. The number of amides is 1. The Morgan fingerprint density at radius 1 is 1.48 bits per heavy atom. The Morgan fingerprint density at radius 3 is 2.61 bits per heavy atom. The molecular weight excluding hydrogens is 310 g/mol. The van der Waals surface area contributed by atoms with Crippen LogP contribution in [0.15, 0.2) is 12.2 Å². The van der Waals surface area contributed by atoms with E-state index in [0.717, 1.165) is 6.08 Å². The Labute approximate surface area is 133 Å². The molecule has 23 heavy (non-hydrogen) atoms. The minimum absolute atomic E-state index is 0.0501. The molecule has 9 nitrogen and oxygen atoms in total. The molecular formula is C14H22NO8-. The van der Waals surface area contributed by atoms with E-state index in [-0.39, 0.29) is 6.61 Å². The highest BCUT2D eigenvalue weighted by Crippen LogP contribution is 2.27. The summed E-state index contributed by atoms with van der Waals surface area (Å²) in [7, 11) is 0. The fourth-order valence-corrected chi connectivity index (χ4v) is 2.14. The van der Waals surface area contributed by atoms with E-state index in [1.165, 1.54) is 13.0 Å². The van der Waals surface area contributed by atoms with Crippen molar-refractivity contribution in [2.75, 3.05) is 13.2 Å². The lowest BCUT2D eigenvalue weighted by atomic mass is 9.96. The Morgan fingerprint density at radius 2 is 2.13 bits per heavy atom. The van der Waals surface area contributed by atoms with Gasteiger partial charge in [0.25, 0.3) is 0 Å². The number of carbonyl (C=O) groups excluding carboxylic acids is 2. The predicted octanol–water partition coefficient (Wildman–Crippen LogP) is -2.97. The number of aliphatic carboxylic acids is 1. The number of ether oxygens (including phenoxy) is 2. The van der Waals surface area contributed by atoms with Gasteiger partial charge in [-0.15, -0.1) is 0 Å². The zero-order valence-corrected chi connectivity index (χ0v) is 13.0. The van der Waals surface area contributed by atoms with Crippen LogP contribution in [0.25, 0.3) is 0 Å². The highest BCUT2D eigenvalue weighted by atomic mass is 16.7. The lowest BCUT2D eigenvalue weighted by Crippen LogP contribution is -2.63. The molecule has 0 aliphatic carbocycles. The number of rotatable bonds is 8. The molecule has 0 unspecified atom stereocenters. The lowest BCUT2D eigenvalue weighted by Gasteiger charge is -2.43. The Balaban J connectivity index is 3.12. The van der Waals surface area contributed by atoms with Crippen molar-refractivity contribution in [3.05, 3.63) is 12.2 Å². The van der Waals surface area contributed by atoms with Crippen LogP contribution in [0.1, 0.15) is 20.3 Å². The Kier molecular flexibility index (Phi) is 7.10. The van der Waals surface area contributed by atoms with E-state index in [1.54, 1.807) is 6.92 Å². The van der Waals surface area contributed by atoms with E-state index in [2.05, 4.69) is 5.32 Å². The summed E-state index contributed by atoms with van der Waals surface area (Å²) in [5, 5.41) is 42.5. The number of carboxylic acids is 1. The van der Waals surface area contributed by atoms with Crippen molar-refractivity contribution >= 4 is 11.9 Å². The van der Waals surface area contributed by atoms with Gasteiger partial charge in [0.2, 0.25) is 11.7 Å². The van der Waals surface area contributed by atoms with Gasteiger partial charge in [0, 0.05) is 6.92 Å². The van der Waals surface area contributed by atoms with Crippen LogP contribution in [-0.2, 0) is 19.1 Å². The fraction of sp³-hybridized carbons (Fsp3) is 0.714. The van der Waals surface area contributed by atoms with Crippen molar-refractivity contribution in [2.24, 2.45) is 0 Å². The van der Waals surface area contributed by atoms with Gasteiger partial charge in [-0.3, -0.25) is 4.79 Å². The number of aliphatic hydroxyl groups is 3. The number of carboxylic acid groups (broad SMARTS) is 1. The van der Waals surface area contributed by atoms with Crippen LogP contribution in [0.3, 0.4) is 0 Å². The summed E-state index contributed by atoms with van der Waals surface area (Å²) in [5.74, 6) is -4.38. The first kappa shape index (κ1) is 19.5. The molecule has 1 heterocycles. The lowest BCUT2D eigenvalue weighted by molar-refractivity contribution is -0.359. The molecule has 0 saturated heterocycles. The first-order chi connectivity index (χ1) is 10.8. The maximum absolute atomic E-state index is 11.4. The summed E-state index contributed by atoms with van der Waals surface area (Å²) in [6.07, 6.45) is -1.74. The molecule has 9 heteroatoms. The van der Waals surface area contributed by atoms with Gasteiger partial charge in [-0.1, -0.05) is 13.0 Å². The first-order valence-electron chi connectivity index (χ1n) is 7.24. The van der Waals surface area contributed by atoms with Gasteiger partial charge >= 0.3 is 0 Å². The summed E-state index contributed by atoms with van der Waals surface area (Å²) >= 11 is 0. The van der Waals surface area contributed by atoms with Gasteiger partial charge in [-0.05, 0) is 12.5 Å². The molecule has 0 spiro atoms. The van der Waals surface area contributed by atoms with Crippen LogP contribution in [0, 0.1) is 0 Å². The standard InChI is InChI=1S/C14H23NO8/c1-3-6-22-14(13(20)21)5-4-9(15-8(2)17)12(23-14)11(19)10(18)7-16/h4-5,9-12,16,18-19H,3,6-7H2,1-2H3,(H,15,17)(H,20,21)/p-1/t9-,10-,11-,12-,14+/m1/s1. The van der Waals surface area contributed by atoms with Crippen molar-refractivity contribution in [3.8, 4) is 0 Å². The van der Waals surface area contributed by atoms with E-state index in [1.807, 2.05) is 0 Å². The monoisotopic (exact) mass is 332 g/mol. The van der Waals surface area contributed by atoms with Crippen molar-refractivity contribution in [1.82, 2.24) is 5.32 Å². The summed E-state index contributed by atoms with van der Waals surface area (Å²) in [6, 6.07) is -0.915. The number of aliphatic hydroxyl groups excluding tert-OH is 3. The fourth-order valence-electron chi connectivity index (χ4n) is 2.14. The highest BCUT2D eigenvalue weighted by molar-refractivity contribution is 5.77. The summed E-state index contributed by atoms with van der Waals surface area (Å²) in [4.78, 5) is 22.7. The second-order valence-corrected chi connectivity index (χ2v) is 5.21. The van der Waals surface area contributed by atoms with E-state index < -0.39 is 48.6 Å². The quantitative estimate of drug-likeness (QED) is 0.344. The molecule has 0 aromatic heterocycles. The van der Waals surface area contributed by atoms with Gasteiger partial charge in [0.15, 0.2) is 0 Å². The molecule has 132 valence electrons. The zero-order valence-electron chi connectivity index (χ0n) is 13.0. The molecule has 1 amide bonds. The molecule has 1 rings (SSSR count). The third-order valence-corrected chi connectivity index (χ3v) is 3.28. The Hall–Kier alpha value is -1.52. The third kappa shape index (κ3) is 4.72. The highest BCUT2D eigenvalue weighted by Gasteiger charge is 2.45. The predicted molar refractivity (Wildman–Crippen MR) is 74.7 cm³/mol. The molecule has 0 radical (unpaired) electrons. The molecule has 0 aromatic carbocycles. The number of hydrogen-bond acceptors (Lipinski definition) is 8. The van der Waals surface area contributed by atoms with Crippen LogP contribution < -0.4 is 10.4 Å². The van der Waals surface area contributed by atoms with Crippen LogP contribution in [0.2, 0.25) is 0 Å². The van der Waals surface area contributed by atoms with Crippen LogP contribution in [-0.4, -0.2) is 70.6 Å². The van der Waals surface area contributed by atoms with E-state index in [0.29, 0.717) is 6.42 Å². The van der Waals surface area contributed by atoms with Crippen LogP contribution in [0.5, 0.6) is 0 Å². The van der Waals surface area contributed by atoms with Crippen LogP contribution >= 0.6 is 0 Å². The second kappa shape index (κ2) is 8.37. The van der Waals surface area contributed by atoms with Gasteiger partial charge in [0.1, 0.15) is 24.3 Å². The average Bonchev–Trinajstić information content (AvgIpc) is 2.51. The summed E-state index contributed by atoms with van der Waals surface area (Å²) in [6.45, 7) is 2.27. The van der Waals surface area contributed by atoms with Crippen molar-refractivity contribution in [3.63, 3.8) is 0 Å². The minimum Gasteiger partial charge on any atom is -0.544 e. The van der Waals surface area contributed by atoms with E-state index in [4.69, 9.17) is 14.6 Å². The molecule has 0 saturated carbocycles. The van der Waals surface area contributed by atoms with Gasteiger partial charge in [-0.25, -0.2) is 0 Å². The Bertz CT molecular complexity index is 454. The molecule has 0 bridgehead atoms. The number of nitrogens with one attached hydrogen (secondary N) is 1. The summed E-state index contributed by atoms with van der Waals surface area (Å²) < 4.78 is 10.5. The SMILES string of the molecule is CCCO[C@@]1(C(=O)[O-])C=C[C@@H](NC(C)=O)[C@H]([C@H](O)[C@H](O)CO)O1. The number of hydrogen-bond donors (Lipinski definition) is 4. The molecule has 1 aliphatic heterocycles. The molecule has 0 fully saturated rings. The second-order valence-electron chi connectivity index (χ2n) is 5.21. The van der Waals surface area contributed by atoms with Crippen molar-refractivity contribution in [2.45, 2.75) is 50.4 Å². The van der Waals surface area contributed by atoms with E-state index >= 15 is 0 Å². The summed E-state index contributed by atoms with van der Waals surface area (Å²) in [5.41, 5.74) is 0. The maximum atomic E-state index is 11.4. The maximum Gasteiger partial charge on any atom is 0.230 e. The molecule has 0 aromatic rings. The van der Waals surface area contributed by atoms with Crippen LogP contribution in [0.4, 0.5) is 0 Å². The average molecular weight is 332 g/mol. The van der Waals surface area contributed by atoms with Gasteiger partial charge in [0.05, 0.1) is 19.3 Å².